The molecule has 0 fully saturated rings. The van der Waals surface area contributed by atoms with Gasteiger partial charge in [0.2, 0.25) is 0 Å². The first-order valence-corrected chi connectivity index (χ1v) is 5.79. The fourth-order valence-corrected chi connectivity index (χ4v) is 1.78. The Kier molecular flexibility index (Phi) is 3.84. The number of halogens is 2. The molecule has 104 valence electrons. The predicted molar refractivity (Wildman–Crippen MR) is 71.5 cm³/mol. The molecule has 0 radical (unpaired) electrons. The van der Waals surface area contributed by atoms with Gasteiger partial charge in [0.1, 0.15) is 0 Å². The molecule has 2 aromatic rings. The Morgan fingerprint density at radius 2 is 1.90 bits per heavy atom. The van der Waals surface area contributed by atoms with E-state index in [9.17, 15) is 13.6 Å². The van der Waals surface area contributed by atoms with Gasteiger partial charge in [0.25, 0.3) is 0 Å². The Hall–Kier alpha value is -2.63. The fourth-order valence-electron chi connectivity index (χ4n) is 1.78. The topological polar surface area (TPSA) is 75.4 Å². The van der Waals surface area contributed by atoms with Gasteiger partial charge in [0.05, 0.1) is 16.9 Å². The van der Waals surface area contributed by atoms with Gasteiger partial charge >= 0.3 is 5.97 Å². The zero-order valence-electron chi connectivity index (χ0n) is 10.4. The maximum atomic E-state index is 13.7. The normalized spacial score (nSPS) is 10.3. The average molecular weight is 278 g/mol. The molecule has 0 heterocycles. The third-order valence-electron chi connectivity index (χ3n) is 2.80. The van der Waals surface area contributed by atoms with Gasteiger partial charge in [0.15, 0.2) is 11.6 Å². The van der Waals surface area contributed by atoms with E-state index in [0.29, 0.717) is 6.07 Å². The van der Waals surface area contributed by atoms with Crippen LogP contribution in [0.1, 0.15) is 15.9 Å². The van der Waals surface area contributed by atoms with Crippen LogP contribution in [0.5, 0.6) is 0 Å². The third-order valence-corrected chi connectivity index (χ3v) is 2.80. The van der Waals surface area contributed by atoms with Crippen LogP contribution >= 0.6 is 0 Å². The highest BCUT2D eigenvalue weighted by Crippen LogP contribution is 2.29. The first kappa shape index (κ1) is 13.8. The first-order valence-electron chi connectivity index (χ1n) is 5.79. The summed E-state index contributed by atoms with van der Waals surface area (Å²) in [6.45, 7) is 0.199. The zero-order chi connectivity index (χ0) is 14.7. The monoisotopic (exact) mass is 278 g/mol. The standard InChI is InChI=1S/C14H12F2N2O2/c15-10-6-9(14(19)20)12(17)13(11(10)16)18-7-8-4-2-1-3-5-8/h1-6,18H,7,17H2,(H,19,20). The SMILES string of the molecule is Nc1c(C(=O)O)cc(F)c(F)c1NCc1ccccc1. The highest BCUT2D eigenvalue weighted by molar-refractivity contribution is 5.97. The summed E-state index contributed by atoms with van der Waals surface area (Å²) in [5.41, 5.74) is 5.25. The lowest BCUT2D eigenvalue weighted by Gasteiger charge is -2.13. The second kappa shape index (κ2) is 5.56. The lowest BCUT2D eigenvalue weighted by atomic mass is 10.1. The van der Waals surface area contributed by atoms with Crippen molar-refractivity contribution in [2.24, 2.45) is 0 Å². The van der Waals surface area contributed by atoms with E-state index in [4.69, 9.17) is 10.8 Å². The van der Waals surface area contributed by atoms with Crippen LogP contribution in [0.4, 0.5) is 20.2 Å². The smallest absolute Gasteiger partial charge is 0.337 e. The van der Waals surface area contributed by atoms with E-state index in [1.54, 1.807) is 24.3 Å². The van der Waals surface area contributed by atoms with E-state index >= 15 is 0 Å². The van der Waals surface area contributed by atoms with Gasteiger partial charge < -0.3 is 16.2 Å². The van der Waals surface area contributed by atoms with Crippen molar-refractivity contribution in [3.05, 3.63) is 59.2 Å². The summed E-state index contributed by atoms with van der Waals surface area (Å²) in [6, 6.07) is 9.57. The molecule has 0 saturated carbocycles. The summed E-state index contributed by atoms with van der Waals surface area (Å²) < 4.78 is 27.1. The maximum absolute atomic E-state index is 13.7. The number of rotatable bonds is 4. The summed E-state index contributed by atoms with van der Waals surface area (Å²) in [5, 5.41) is 11.5. The van der Waals surface area contributed by atoms with Crippen molar-refractivity contribution >= 4 is 17.3 Å². The number of carboxylic acid groups (broad SMARTS) is 1. The van der Waals surface area contributed by atoms with Gasteiger partial charge in [-0.3, -0.25) is 0 Å². The van der Waals surface area contributed by atoms with Crippen molar-refractivity contribution in [2.45, 2.75) is 6.54 Å². The number of carbonyl (C=O) groups is 1. The zero-order valence-corrected chi connectivity index (χ0v) is 10.4. The molecule has 0 atom stereocenters. The number of nitrogen functional groups attached to an aromatic ring is 1. The minimum atomic E-state index is -1.41. The number of nitrogens with one attached hydrogen (secondary N) is 1. The van der Waals surface area contributed by atoms with Crippen LogP contribution in [0.15, 0.2) is 36.4 Å². The van der Waals surface area contributed by atoms with E-state index in [0.717, 1.165) is 5.56 Å². The summed E-state index contributed by atoms with van der Waals surface area (Å²) in [5.74, 6) is -3.86. The number of anilines is 2. The number of aromatic carboxylic acids is 1. The molecule has 2 aromatic carbocycles. The summed E-state index contributed by atoms with van der Waals surface area (Å²) >= 11 is 0. The second-order valence-electron chi connectivity index (χ2n) is 4.15. The minimum absolute atomic E-state index is 0.199. The molecule has 0 amide bonds. The third kappa shape index (κ3) is 2.69. The highest BCUT2D eigenvalue weighted by Gasteiger charge is 2.20. The van der Waals surface area contributed by atoms with Crippen molar-refractivity contribution in [2.75, 3.05) is 11.1 Å². The number of benzene rings is 2. The Morgan fingerprint density at radius 1 is 1.25 bits per heavy atom. The Balaban J connectivity index is 2.33. The molecule has 4 nitrogen and oxygen atoms in total. The van der Waals surface area contributed by atoms with Gasteiger partial charge in [-0.2, -0.15) is 0 Å². The molecule has 6 heteroatoms. The fraction of sp³-hybridized carbons (Fsp3) is 0.0714. The average Bonchev–Trinajstić information content (AvgIpc) is 2.43. The van der Waals surface area contributed by atoms with Gasteiger partial charge in [-0.1, -0.05) is 30.3 Å². The summed E-state index contributed by atoms with van der Waals surface area (Å²) in [4.78, 5) is 10.9. The number of nitrogens with two attached hydrogens (primary N) is 1. The van der Waals surface area contributed by atoms with Gasteiger partial charge in [0, 0.05) is 6.54 Å². The largest absolute Gasteiger partial charge is 0.478 e. The molecule has 20 heavy (non-hydrogen) atoms. The van der Waals surface area contributed by atoms with Gasteiger partial charge in [-0.05, 0) is 11.6 Å². The lowest BCUT2D eigenvalue weighted by molar-refractivity contribution is 0.0697. The van der Waals surface area contributed by atoms with Crippen LogP contribution in [0.3, 0.4) is 0 Å². The molecule has 0 saturated heterocycles. The molecule has 0 aliphatic heterocycles. The van der Waals surface area contributed by atoms with Gasteiger partial charge in [-0.25, -0.2) is 13.6 Å². The van der Waals surface area contributed by atoms with E-state index in [2.05, 4.69) is 5.32 Å². The van der Waals surface area contributed by atoms with Crippen molar-refractivity contribution in [3.8, 4) is 0 Å². The molecular weight excluding hydrogens is 266 g/mol. The van der Waals surface area contributed by atoms with E-state index < -0.39 is 23.2 Å². The minimum Gasteiger partial charge on any atom is -0.478 e. The molecule has 0 unspecified atom stereocenters. The van der Waals surface area contributed by atoms with Crippen LogP contribution in [-0.4, -0.2) is 11.1 Å². The summed E-state index contributed by atoms with van der Waals surface area (Å²) in [6.07, 6.45) is 0. The second-order valence-corrected chi connectivity index (χ2v) is 4.15. The Labute approximate surface area is 113 Å². The van der Waals surface area contributed by atoms with Gasteiger partial charge in [-0.15, -0.1) is 0 Å². The number of hydrogen-bond donors (Lipinski definition) is 3. The molecule has 0 bridgehead atoms. The van der Waals surface area contributed by atoms with Crippen molar-refractivity contribution in [1.82, 2.24) is 0 Å². The molecule has 0 spiro atoms. The van der Waals surface area contributed by atoms with E-state index in [1.807, 2.05) is 6.07 Å². The van der Waals surface area contributed by atoms with Crippen molar-refractivity contribution in [1.29, 1.82) is 0 Å². The molecule has 0 aliphatic rings. The first-order chi connectivity index (χ1) is 9.50. The molecule has 0 aliphatic carbocycles. The van der Waals surface area contributed by atoms with Crippen molar-refractivity contribution < 1.29 is 18.7 Å². The Morgan fingerprint density at radius 3 is 2.50 bits per heavy atom. The highest BCUT2D eigenvalue weighted by atomic mass is 19.2. The number of carboxylic acids is 1. The molecule has 2 rings (SSSR count). The van der Waals surface area contributed by atoms with Crippen LogP contribution in [0.25, 0.3) is 0 Å². The van der Waals surface area contributed by atoms with E-state index in [-0.39, 0.29) is 17.9 Å². The van der Waals surface area contributed by atoms with Crippen LogP contribution < -0.4 is 11.1 Å². The van der Waals surface area contributed by atoms with E-state index in [1.165, 1.54) is 0 Å². The molecule has 0 aromatic heterocycles. The van der Waals surface area contributed by atoms with Crippen LogP contribution in [0.2, 0.25) is 0 Å². The summed E-state index contributed by atoms with van der Waals surface area (Å²) in [7, 11) is 0. The lowest BCUT2D eigenvalue weighted by Crippen LogP contribution is -2.11. The quantitative estimate of drug-likeness (QED) is 0.752. The maximum Gasteiger partial charge on any atom is 0.337 e. The molecule has 4 N–H and O–H groups in total. The predicted octanol–water partition coefficient (Wildman–Crippen LogP) is 2.86. The Bertz CT molecular complexity index is 645. The van der Waals surface area contributed by atoms with Crippen molar-refractivity contribution in [3.63, 3.8) is 0 Å². The number of hydrogen-bond acceptors (Lipinski definition) is 3. The molecular formula is C14H12F2N2O2. The van der Waals surface area contributed by atoms with Crippen LogP contribution in [0, 0.1) is 11.6 Å². The van der Waals surface area contributed by atoms with Crippen LogP contribution in [-0.2, 0) is 6.54 Å².